The fourth-order valence-electron chi connectivity index (χ4n) is 1.91. The van der Waals surface area contributed by atoms with E-state index in [1.165, 1.54) is 0 Å². The van der Waals surface area contributed by atoms with Crippen LogP contribution in [0.2, 0.25) is 0 Å². The summed E-state index contributed by atoms with van der Waals surface area (Å²) in [6.45, 7) is 0.586. The van der Waals surface area contributed by atoms with Gasteiger partial charge < -0.3 is 15.6 Å². The molecule has 0 atom stereocenters. The third kappa shape index (κ3) is 2.25. The van der Waals surface area contributed by atoms with Gasteiger partial charge in [-0.2, -0.15) is 0 Å². The zero-order chi connectivity index (χ0) is 12.5. The largest absolute Gasteiger partial charge is 0.481 e. The van der Waals surface area contributed by atoms with Crippen LogP contribution in [0.4, 0.5) is 5.69 Å². The summed E-state index contributed by atoms with van der Waals surface area (Å²) in [5, 5.41) is 9.22. The van der Waals surface area contributed by atoms with E-state index < -0.39 is 11.4 Å². The molecule has 0 radical (unpaired) electrons. The van der Waals surface area contributed by atoms with Crippen LogP contribution >= 0.6 is 11.8 Å². The van der Waals surface area contributed by atoms with E-state index in [9.17, 15) is 9.90 Å². The van der Waals surface area contributed by atoms with Gasteiger partial charge in [0.05, 0.1) is 13.2 Å². The Morgan fingerprint density at radius 2 is 2.29 bits per heavy atom. The molecule has 0 bridgehead atoms. The van der Waals surface area contributed by atoms with E-state index in [-0.39, 0.29) is 0 Å². The van der Waals surface area contributed by atoms with Crippen LogP contribution in [0.25, 0.3) is 0 Å². The molecule has 0 saturated carbocycles. The maximum Gasteiger partial charge on any atom is 0.314 e. The lowest BCUT2D eigenvalue weighted by atomic mass is 9.80. The van der Waals surface area contributed by atoms with E-state index >= 15 is 0 Å². The normalized spacial score (nSPS) is 17.5. The number of thioether (sulfide) groups is 1. The van der Waals surface area contributed by atoms with Crippen molar-refractivity contribution in [3.05, 3.63) is 23.8 Å². The lowest BCUT2D eigenvalue weighted by Gasteiger charge is -2.37. The highest BCUT2D eigenvalue weighted by atomic mass is 32.2. The van der Waals surface area contributed by atoms with Crippen LogP contribution in [0.3, 0.4) is 0 Å². The molecule has 17 heavy (non-hydrogen) atoms. The molecule has 1 heterocycles. The smallest absolute Gasteiger partial charge is 0.314 e. The molecule has 0 unspecified atom stereocenters. The van der Waals surface area contributed by atoms with Crippen molar-refractivity contribution in [3.8, 4) is 0 Å². The van der Waals surface area contributed by atoms with Crippen molar-refractivity contribution in [2.75, 3.05) is 25.2 Å². The molecule has 1 aromatic carbocycles. The molecule has 5 heteroatoms. The molecule has 0 spiro atoms. The highest BCUT2D eigenvalue weighted by Gasteiger charge is 2.46. The second-order valence-corrected chi connectivity index (χ2v) is 5.18. The molecule has 92 valence electrons. The number of carboxylic acid groups (broad SMARTS) is 1. The van der Waals surface area contributed by atoms with E-state index in [0.29, 0.717) is 19.6 Å². The first-order chi connectivity index (χ1) is 8.07. The van der Waals surface area contributed by atoms with Gasteiger partial charge in [0.25, 0.3) is 0 Å². The molecule has 0 aliphatic carbocycles. The van der Waals surface area contributed by atoms with Gasteiger partial charge in [-0.1, -0.05) is 6.07 Å². The summed E-state index contributed by atoms with van der Waals surface area (Å²) in [4.78, 5) is 12.2. The second-order valence-electron chi connectivity index (χ2n) is 4.33. The lowest BCUT2D eigenvalue weighted by molar-refractivity contribution is -0.179. The van der Waals surface area contributed by atoms with Crippen LogP contribution in [-0.4, -0.2) is 30.5 Å². The van der Waals surface area contributed by atoms with Gasteiger partial charge in [-0.25, -0.2) is 0 Å². The van der Waals surface area contributed by atoms with E-state index in [0.717, 1.165) is 16.1 Å². The van der Waals surface area contributed by atoms with E-state index in [2.05, 4.69) is 0 Å². The van der Waals surface area contributed by atoms with Crippen molar-refractivity contribution in [1.82, 2.24) is 0 Å². The molecule has 0 aromatic heterocycles. The van der Waals surface area contributed by atoms with E-state index in [4.69, 9.17) is 10.5 Å². The van der Waals surface area contributed by atoms with Crippen molar-refractivity contribution in [2.24, 2.45) is 5.41 Å². The topological polar surface area (TPSA) is 72.5 Å². The van der Waals surface area contributed by atoms with Gasteiger partial charge in [-0.15, -0.1) is 11.8 Å². The Kier molecular flexibility index (Phi) is 3.31. The number of hydrogen-bond acceptors (Lipinski definition) is 4. The molecule has 4 nitrogen and oxygen atoms in total. The number of nitrogens with two attached hydrogens (primary N) is 1. The summed E-state index contributed by atoms with van der Waals surface area (Å²) < 4.78 is 5.04. The monoisotopic (exact) mass is 253 g/mol. The zero-order valence-electron chi connectivity index (χ0n) is 9.60. The first kappa shape index (κ1) is 12.3. The number of ether oxygens (including phenoxy) is 1. The van der Waals surface area contributed by atoms with Crippen molar-refractivity contribution < 1.29 is 14.6 Å². The number of rotatable bonds is 4. The third-order valence-corrected chi connectivity index (χ3v) is 3.84. The Morgan fingerprint density at radius 1 is 1.59 bits per heavy atom. The van der Waals surface area contributed by atoms with Crippen LogP contribution in [0, 0.1) is 5.41 Å². The number of nitrogen functional groups attached to an aromatic ring is 1. The van der Waals surface area contributed by atoms with Gasteiger partial charge in [0.2, 0.25) is 0 Å². The first-order valence-electron chi connectivity index (χ1n) is 5.31. The molecule has 1 fully saturated rings. The minimum Gasteiger partial charge on any atom is -0.481 e. The van der Waals surface area contributed by atoms with Crippen molar-refractivity contribution in [1.29, 1.82) is 0 Å². The summed E-state index contributed by atoms with van der Waals surface area (Å²) in [5.74, 6) is -0.786. The van der Waals surface area contributed by atoms with Gasteiger partial charge >= 0.3 is 5.97 Å². The SMILES string of the molecule is CSc1cc(CC2(C(=O)O)COC2)ccc1N. The lowest BCUT2D eigenvalue weighted by Crippen LogP contribution is -2.50. The maximum absolute atomic E-state index is 11.2. The molecule has 1 aliphatic heterocycles. The summed E-state index contributed by atoms with van der Waals surface area (Å²) >= 11 is 1.57. The van der Waals surface area contributed by atoms with Gasteiger partial charge in [0.1, 0.15) is 5.41 Å². The molecule has 1 saturated heterocycles. The second kappa shape index (κ2) is 4.58. The number of carbonyl (C=O) groups is 1. The van der Waals surface area contributed by atoms with Crippen molar-refractivity contribution in [2.45, 2.75) is 11.3 Å². The summed E-state index contributed by atoms with van der Waals surface area (Å²) in [6, 6.07) is 5.68. The quantitative estimate of drug-likeness (QED) is 0.630. The number of benzene rings is 1. The highest BCUT2D eigenvalue weighted by molar-refractivity contribution is 7.98. The molecule has 2 rings (SSSR count). The molecule has 3 N–H and O–H groups in total. The van der Waals surface area contributed by atoms with Crippen molar-refractivity contribution >= 4 is 23.4 Å². The van der Waals surface area contributed by atoms with Crippen LogP contribution < -0.4 is 5.73 Å². The van der Waals surface area contributed by atoms with Gasteiger partial charge in [-0.05, 0) is 30.4 Å². The molecule has 0 amide bonds. The van der Waals surface area contributed by atoms with Gasteiger partial charge in [-0.3, -0.25) is 4.79 Å². The average Bonchev–Trinajstić information content (AvgIpc) is 2.25. The first-order valence-corrected chi connectivity index (χ1v) is 6.53. The number of carboxylic acids is 1. The zero-order valence-corrected chi connectivity index (χ0v) is 10.4. The summed E-state index contributed by atoms with van der Waals surface area (Å²) in [5.41, 5.74) is 6.79. The Labute approximate surface area is 104 Å². The molecular weight excluding hydrogens is 238 g/mol. The Balaban J connectivity index is 2.21. The average molecular weight is 253 g/mol. The molecule has 1 aliphatic rings. The summed E-state index contributed by atoms with van der Waals surface area (Å²) in [7, 11) is 0. The summed E-state index contributed by atoms with van der Waals surface area (Å²) in [6.07, 6.45) is 2.45. The minimum absolute atomic E-state index is 0.293. The van der Waals surface area contributed by atoms with Crippen LogP contribution in [-0.2, 0) is 16.0 Å². The Morgan fingerprint density at radius 3 is 2.76 bits per heavy atom. The third-order valence-electron chi connectivity index (χ3n) is 3.05. The Bertz CT molecular complexity index is 443. The van der Waals surface area contributed by atoms with Crippen LogP contribution in [0.1, 0.15) is 5.56 Å². The standard InChI is InChI=1S/C12H15NO3S/c1-17-10-4-8(2-3-9(10)13)5-12(11(14)15)6-16-7-12/h2-4H,5-7,13H2,1H3,(H,14,15). The van der Waals surface area contributed by atoms with Gasteiger partial charge in [0, 0.05) is 10.6 Å². The fourth-order valence-corrected chi connectivity index (χ4v) is 2.48. The predicted molar refractivity (Wildman–Crippen MR) is 67.2 cm³/mol. The molecular formula is C12H15NO3S. The van der Waals surface area contributed by atoms with Crippen molar-refractivity contribution in [3.63, 3.8) is 0 Å². The Hall–Kier alpha value is -1.20. The number of hydrogen-bond donors (Lipinski definition) is 2. The number of anilines is 1. The maximum atomic E-state index is 11.2. The molecule has 1 aromatic rings. The minimum atomic E-state index is -0.786. The van der Waals surface area contributed by atoms with E-state index in [1.54, 1.807) is 11.8 Å². The van der Waals surface area contributed by atoms with Gasteiger partial charge in [0.15, 0.2) is 0 Å². The van der Waals surface area contributed by atoms with Crippen LogP contribution in [0.5, 0.6) is 0 Å². The predicted octanol–water partition coefficient (Wildman–Crippen LogP) is 1.63. The number of aliphatic carboxylic acids is 1. The fraction of sp³-hybridized carbons (Fsp3) is 0.417. The van der Waals surface area contributed by atoms with E-state index in [1.807, 2.05) is 24.5 Å². The van der Waals surface area contributed by atoms with Crippen LogP contribution in [0.15, 0.2) is 23.1 Å². The highest BCUT2D eigenvalue weighted by Crippen LogP contribution is 2.34.